The molecule has 1 aliphatic heterocycles. The Morgan fingerprint density at radius 2 is 1.94 bits per heavy atom. The minimum absolute atomic E-state index is 0.639. The van der Waals surface area contributed by atoms with Gasteiger partial charge in [0.1, 0.15) is 0 Å². The van der Waals surface area contributed by atoms with Crippen LogP contribution in [-0.2, 0) is 6.42 Å². The van der Waals surface area contributed by atoms with Gasteiger partial charge in [0, 0.05) is 6.04 Å². The van der Waals surface area contributed by atoms with Crippen molar-refractivity contribution < 1.29 is 0 Å². The van der Waals surface area contributed by atoms with E-state index < -0.39 is 0 Å². The fourth-order valence-corrected chi connectivity index (χ4v) is 2.85. The zero-order chi connectivity index (χ0) is 13.0. The van der Waals surface area contributed by atoms with E-state index in [1.807, 2.05) is 0 Å². The molecule has 1 aliphatic rings. The van der Waals surface area contributed by atoms with Gasteiger partial charge >= 0.3 is 0 Å². The summed E-state index contributed by atoms with van der Waals surface area (Å²) in [5.74, 6) is 1.54. The quantitative estimate of drug-likeness (QED) is 0.841. The predicted octanol–water partition coefficient (Wildman–Crippen LogP) is 4.13. The highest BCUT2D eigenvalue weighted by molar-refractivity contribution is 5.24. The molecular formula is C17H27N. The molecule has 1 heteroatoms. The van der Waals surface area contributed by atoms with Gasteiger partial charge in [0.15, 0.2) is 0 Å². The lowest BCUT2D eigenvalue weighted by Gasteiger charge is -2.28. The number of benzene rings is 1. The number of nitrogens with one attached hydrogen (secondary N) is 1. The molecule has 2 rings (SSSR count). The van der Waals surface area contributed by atoms with Crippen LogP contribution in [-0.4, -0.2) is 12.6 Å². The van der Waals surface area contributed by atoms with E-state index >= 15 is 0 Å². The maximum atomic E-state index is 3.65. The Morgan fingerprint density at radius 3 is 2.56 bits per heavy atom. The van der Waals surface area contributed by atoms with Crippen LogP contribution in [0.3, 0.4) is 0 Å². The molecular weight excluding hydrogens is 218 g/mol. The van der Waals surface area contributed by atoms with Crippen LogP contribution in [0.5, 0.6) is 0 Å². The third-order valence-electron chi connectivity index (χ3n) is 4.18. The lowest BCUT2D eigenvalue weighted by Crippen LogP contribution is -2.37. The van der Waals surface area contributed by atoms with Crippen LogP contribution in [0.25, 0.3) is 0 Å². The van der Waals surface area contributed by atoms with Crippen LogP contribution in [0, 0.1) is 5.92 Å². The van der Waals surface area contributed by atoms with E-state index in [0.717, 1.165) is 12.0 Å². The van der Waals surface area contributed by atoms with Crippen molar-refractivity contribution in [1.29, 1.82) is 0 Å². The van der Waals surface area contributed by atoms with Crippen molar-refractivity contribution in [3.05, 3.63) is 35.4 Å². The first-order valence-corrected chi connectivity index (χ1v) is 7.47. The molecule has 0 saturated carbocycles. The van der Waals surface area contributed by atoms with Crippen LogP contribution >= 0.6 is 0 Å². The molecule has 1 aromatic carbocycles. The first-order chi connectivity index (χ1) is 8.65. The maximum Gasteiger partial charge on any atom is 0.00727 e. The zero-order valence-corrected chi connectivity index (χ0v) is 12.1. The molecule has 0 spiro atoms. The van der Waals surface area contributed by atoms with Crippen molar-refractivity contribution in [1.82, 2.24) is 5.32 Å². The summed E-state index contributed by atoms with van der Waals surface area (Å²) >= 11 is 0. The molecule has 1 N–H and O–H groups in total. The summed E-state index contributed by atoms with van der Waals surface area (Å²) in [6.07, 6.45) is 5.19. The van der Waals surface area contributed by atoms with Crippen molar-refractivity contribution in [2.45, 2.75) is 58.4 Å². The van der Waals surface area contributed by atoms with E-state index in [9.17, 15) is 0 Å². The van der Waals surface area contributed by atoms with Crippen LogP contribution in [0.15, 0.2) is 24.3 Å². The SMILES string of the molecule is CC1CCNC(CCc2ccc(C(C)C)cc2)C1. The molecule has 0 radical (unpaired) electrons. The van der Waals surface area contributed by atoms with Crippen LogP contribution < -0.4 is 5.32 Å². The fourth-order valence-electron chi connectivity index (χ4n) is 2.85. The van der Waals surface area contributed by atoms with Crippen molar-refractivity contribution in [2.24, 2.45) is 5.92 Å². The summed E-state index contributed by atoms with van der Waals surface area (Å²) in [7, 11) is 0. The van der Waals surface area contributed by atoms with Gasteiger partial charge in [-0.2, -0.15) is 0 Å². The van der Waals surface area contributed by atoms with Gasteiger partial charge in [-0.25, -0.2) is 0 Å². The average molecular weight is 245 g/mol. The van der Waals surface area contributed by atoms with Gasteiger partial charge in [-0.1, -0.05) is 45.0 Å². The van der Waals surface area contributed by atoms with Gasteiger partial charge < -0.3 is 5.32 Å². The maximum absolute atomic E-state index is 3.65. The van der Waals surface area contributed by atoms with E-state index in [1.165, 1.54) is 43.4 Å². The first kappa shape index (κ1) is 13.6. The van der Waals surface area contributed by atoms with Crippen molar-refractivity contribution in [2.75, 3.05) is 6.54 Å². The Kier molecular flexibility index (Phi) is 4.82. The van der Waals surface area contributed by atoms with Crippen LogP contribution in [0.2, 0.25) is 0 Å². The number of rotatable bonds is 4. The third kappa shape index (κ3) is 3.84. The normalized spacial score (nSPS) is 24.4. The number of hydrogen-bond donors (Lipinski definition) is 1. The van der Waals surface area contributed by atoms with E-state index in [4.69, 9.17) is 0 Å². The second-order valence-electron chi connectivity index (χ2n) is 6.22. The molecule has 1 aromatic rings. The summed E-state index contributed by atoms with van der Waals surface area (Å²) in [6.45, 7) is 8.09. The lowest BCUT2D eigenvalue weighted by molar-refractivity contribution is 0.308. The molecule has 0 aromatic heterocycles. The zero-order valence-electron chi connectivity index (χ0n) is 12.1. The highest BCUT2D eigenvalue weighted by atomic mass is 14.9. The Morgan fingerprint density at radius 1 is 1.22 bits per heavy atom. The van der Waals surface area contributed by atoms with E-state index in [1.54, 1.807) is 0 Å². The van der Waals surface area contributed by atoms with Crippen LogP contribution in [0.1, 0.15) is 57.1 Å². The van der Waals surface area contributed by atoms with Crippen molar-refractivity contribution >= 4 is 0 Å². The van der Waals surface area contributed by atoms with E-state index in [-0.39, 0.29) is 0 Å². The molecule has 100 valence electrons. The standard InChI is InChI=1S/C17H27N/c1-13(2)16-7-4-15(5-8-16)6-9-17-12-14(3)10-11-18-17/h4-5,7-8,13-14,17-18H,6,9-12H2,1-3H3. The first-order valence-electron chi connectivity index (χ1n) is 7.47. The van der Waals surface area contributed by atoms with Gasteiger partial charge in [0.2, 0.25) is 0 Å². The van der Waals surface area contributed by atoms with Gasteiger partial charge in [-0.3, -0.25) is 0 Å². The molecule has 0 bridgehead atoms. The monoisotopic (exact) mass is 245 g/mol. The topological polar surface area (TPSA) is 12.0 Å². The summed E-state index contributed by atoms with van der Waals surface area (Å²) in [5.41, 5.74) is 2.93. The Bertz CT molecular complexity index is 352. The van der Waals surface area contributed by atoms with Gasteiger partial charge in [-0.15, -0.1) is 0 Å². The van der Waals surface area contributed by atoms with Gasteiger partial charge in [0.05, 0.1) is 0 Å². The molecule has 1 nitrogen and oxygen atoms in total. The minimum Gasteiger partial charge on any atom is -0.314 e. The summed E-state index contributed by atoms with van der Waals surface area (Å²) < 4.78 is 0. The van der Waals surface area contributed by atoms with E-state index in [0.29, 0.717) is 5.92 Å². The summed E-state index contributed by atoms with van der Waals surface area (Å²) in [6, 6.07) is 9.93. The van der Waals surface area contributed by atoms with Crippen LogP contribution in [0.4, 0.5) is 0 Å². The van der Waals surface area contributed by atoms with E-state index in [2.05, 4.69) is 50.4 Å². The second-order valence-corrected chi connectivity index (χ2v) is 6.22. The second kappa shape index (κ2) is 6.38. The molecule has 0 aliphatic carbocycles. The molecule has 0 amide bonds. The largest absolute Gasteiger partial charge is 0.314 e. The summed E-state index contributed by atoms with van der Waals surface area (Å²) in [4.78, 5) is 0. The summed E-state index contributed by atoms with van der Waals surface area (Å²) in [5, 5.41) is 3.65. The third-order valence-corrected chi connectivity index (χ3v) is 4.18. The highest BCUT2D eigenvalue weighted by Gasteiger charge is 2.17. The predicted molar refractivity (Wildman–Crippen MR) is 79.0 cm³/mol. The Labute approximate surface area is 112 Å². The molecule has 2 unspecified atom stereocenters. The average Bonchev–Trinajstić information content (AvgIpc) is 2.37. The molecule has 1 fully saturated rings. The molecule has 1 heterocycles. The highest BCUT2D eigenvalue weighted by Crippen LogP contribution is 2.20. The van der Waals surface area contributed by atoms with Gasteiger partial charge in [0.25, 0.3) is 0 Å². The molecule has 1 saturated heterocycles. The lowest BCUT2D eigenvalue weighted by atomic mass is 9.90. The van der Waals surface area contributed by atoms with Crippen molar-refractivity contribution in [3.8, 4) is 0 Å². The smallest absolute Gasteiger partial charge is 0.00727 e. The minimum atomic E-state index is 0.639. The fraction of sp³-hybridized carbons (Fsp3) is 0.647. The molecule has 18 heavy (non-hydrogen) atoms. The van der Waals surface area contributed by atoms with Gasteiger partial charge in [-0.05, 0) is 55.2 Å². The van der Waals surface area contributed by atoms with Crippen molar-refractivity contribution in [3.63, 3.8) is 0 Å². The number of hydrogen-bond acceptors (Lipinski definition) is 1. The Balaban J connectivity index is 1.82. The Hall–Kier alpha value is -0.820. The molecule has 2 atom stereocenters. The number of aryl methyl sites for hydroxylation is 1. The number of piperidine rings is 1.